The molecule has 0 aromatic carbocycles. The van der Waals surface area contributed by atoms with Gasteiger partial charge >= 0.3 is 0 Å². The number of carbonyl (C=O) groups is 1. The van der Waals surface area contributed by atoms with Gasteiger partial charge in [-0.05, 0) is 19.1 Å². The quantitative estimate of drug-likeness (QED) is 0.875. The third-order valence-electron chi connectivity index (χ3n) is 2.72. The van der Waals surface area contributed by atoms with Crippen LogP contribution in [0.1, 0.15) is 32.6 Å². The van der Waals surface area contributed by atoms with Crippen molar-refractivity contribution in [2.45, 2.75) is 26.8 Å². The van der Waals surface area contributed by atoms with E-state index < -0.39 is 0 Å². The standard InChI is InChI=1S/C13H17N5O/c1-8(2)13(19)15-9(3)11-16-12(18-17-11)10-5-4-6-14-7-10/h4-9H,1-3H3,(H,15,19)(H,16,17,18). The second kappa shape index (κ2) is 5.60. The predicted molar refractivity (Wildman–Crippen MR) is 71.0 cm³/mol. The summed E-state index contributed by atoms with van der Waals surface area (Å²) >= 11 is 0. The number of nitrogens with zero attached hydrogens (tertiary/aromatic N) is 3. The van der Waals surface area contributed by atoms with E-state index in [0.29, 0.717) is 11.6 Å². The normalized spacial score (nSPS) is 12.4. The van der Waals surface area contributed by atoms with Crippen molar-refractivity contribution in [3.8, 4) is 11.4 Å². The van der Waals surface area contributed by atoms with E-state index in [4.69, 9.17) is 0 Å². The van der Waals surface area contributed by atoms with E-state index in [0.717, 1.165) is 5.56 Å². The molecule has 2 aromatic heterocycles. The number of hydrogen-bond donors (Lipinski definition) is 2. The largest absolute Gasteiger partial charge is 0.346 e. The van der Waals surface area contributed by atoms with Gasteiger partial charge in [0.2, 0.25) is 5.91 Å². The van der Waals surface area contributed by atoms with Gasteiger partial charge < -0.3 is 5.32 Å². The van der Waals surface area contributed by atoms with Crippen LogP contribution in [0.2, 0.25) is 0 Å². The van der Waals surface area contributed by atoms with Gasteiger partial charge in [-0.3, -0.25) is 14.9 Å². The molecule has 19 heavy (non-hydrogen) atoms. The molecule has 0 bridgehead atoms. The summed E-state index contributed by atoms with van der Waals surface area (Å²) in [6.07, 6.45) is 3.40. The smallest absolute Gasteiger partial charge is 0.223 e. The Labute approximate surface area is 111 Å². The number of aromatic amines is 1. The van der Waals surface area contributed by atoms with E-state index >= 15 is 0 Å². The Kier molecular flexibility index (Phi) is 3.89. The van der Waals surface area contributed by atoms with Gasteiger partial charge in [-0.25, -0.2) is 4.98 Å². The van der Waals surface area contributed by atoms with Crippen LogP contribution in [0, 0.1) is 5.92 Å². The molecule has 0 saturated carbocycles. The lowest BCUT2D eigenvalue weighted by Crippen LogP contribution is -2.30. The summed E-state index contributed by atoms with van der Waals surface area (Å²) in [6, 6.07) is 3.51. The maximum absolute atomic E-state index is 11.6. The third kappa shape index (κ3) is 3.15. The number of H-pyrrole nitrogens is 1. The summed E-state index contributed by atoms with van der Waals surface area (Å²) in [5.41, 5.74) is 0.840. The zero-order valence-electron chi connectivity index (χ0n) is 11.2. The summed E-state index contributed by atoms with van der Waals surface area (Å²) in [6.45, 7) is 5.57. The van der Waals surface area contributed by atoms with Crippen LogP contribution in [-0.2, 0) is 4.79 Å². The van der Waals surface area contributed by atoms with Gasteiger partial charge in [-0.1, -0.05) is 13.8 Å². The fourth-order valence-electron chi connectivity index (χ4n) is 1.54. The van der Waals surface area contributed by atoms with Crippen molar-refractivity contribution in [3.63, 3.8) is 0 Å². The van der Waals surface area contributed by atoms with E-state index in [1.165, 1.54) is 0 Å². The van der Waals surface area contributed by atoms with Gasteiger partial charge in [0.1, 0.15) is 5.82 Å². The Bertz CT molecular complexity index is 549. The average Bonchev–Trinajstić information content (AvgIpc) is 2.89. The first-order chi connectivity index (χ1) is 9.08. The minimum Gasteiger partial charge on any atom is -0.346 e. The molecule has 100 valence electrons. The predicted octanol–water partition coefficient (Wildman–Crippen LogP) is 1.70. The molecule has 1 atom stereocenters. The van der Waals surface area contributed by atoms with Crippen molar-refractivity contribution in [2.75, 3.05) is 0 Å². The molecule has 0 aliphatic carbocycles. The summed E-state index contributed by atoms with van der Waals surface area (Å²) in [7, 11) is 0. The Morgan fingerprint density at radius 1 is 1.37 bits per heavy atom. The van der Waals surface area contributed by atoms with Crippen molar-refractivity contribution in [1.29, 1.82) is 0 Å². The molecule has 2 rings (SSSR count). The number of hydrogen-bond acceptors (Lipinski definition) is 4. The highest BCUT2D eigenvalue weighted by molar-refractivity contribution is 5.78. The van der Waals surface area contributed by atoms with Crippen LogP contribution in [-0.4, -0.2) is 26.1 Å². The van der Waals surface area contributed by atoms with Gasteiger partial charge in [0.25, 0.3) is 0 Å². The van der Waals surface area contributed by atoms with E-state index in [1.807, 2.05) is 32.9 Å². The first kappa shape index (κ1) is 13.2. The van der Waals surface area contributed by atoms with Crippen molar-refractivity contribution in [2.24, 2.45) is 5.92 Å². The molecule has 1 amide bonds. The van der Waals surface area contributed by atoms with Gasteiger partial charge in [-0.2, -0.15) is 5.10 Å². The van der Waals surface area contributed by atoms with Crippen molar-refractivity contribution in [3.05, 3.63) is 30.4 Å². The number of amides is 1. The second-order valence-electron chi connectivity index (χ2n) is 4.67. The van der Waals surface area contributed by atoms with Gasteiger partial charge in [0, 0.05) is 23.9 Å². The fourth-order valence-corrected chi connectivity index (χ4v) is 1.54. The van der Waals surface area contributed by atoms with Crippen LogP contribution < -0.4 is 5.32 Å². The minimum absolute atomic E-state index is 0.00757. The zero-order chi connectivity index (χ0) is 13.8. The fraction of sp³-hybridized carbons (Fsp3) is 0.385. The van der Waals surface area contributed by atoms with E-state index in [1.54, 1.807) is 12.4 Å². The van der Waals surface area contributed by atoms with Crippen molar-refractivity contribution in [1.82, 2.24) is 25.5 Å². The van der Waals surface area contributed by atoms with Gasteiger partial charge in [0.15, 0.2) is 5.82 Å². The Hall–Kier alpha value is -2.24. The number of nitrogens with one attached hydrogen (secondary N) is 2. The Balaban J connectivity index is 2.11. The molecule has 0 saturated heterocycles. The molecule has 2 N–H and O–H groups in total. The van der Waals surface area contributed by atoms with Crippen LogP contribution in [0.4, 0.5) is 0 Å². The summed E-state index contributed by atoms with van der Waals surface area (Å²) < 4.78 is 0. The zero-order valence-corrected chi connectivity index (χ0v) is 11.2. The molecule has 0 radical (unpaired) electrons. The molecule has 2 heterocycles. The lowest BCUT2D eigenvalue weighted by Gasteiger charge is -2.12. The van der Waals surface area contributed by atoms with E-state index in [9.17, 15) is 4.79 Å². The van der Waals surface area contributed by atoms with Crippen LogP contribution in [0.5, 0.6) is 0 Å². The van der Waals surface area contributed by atoms with E-state index in [-0.39, 0.29) is 17.9 Å². The topological polar surface area (TPSA) is 83.6 Å². The summed E-state index contributed by atoms with van der Waals surface area (Å²) in [5, 5.41) is 9.85. The Morgan fingerprint density at radius 2 is 2.16 bits per heavy atom. The molecular weight excluding hydrogens is 242 g/mol. The van der Waals surface area contributed by atoms with Crippen LogP contribution in [0.15, 0.2) is 24.5 Å². The molecule has 0 fully saturated rings. The average molecular weight is 259 g/mol. The molecule has 0 aliphatic rings. The Morgan fingerprint density at radius 3 is 2.79 bits per heavy atom. The highest BCUT2D eigenvalue weighted by Crippen LogP contribution is 2.15. The van der Waals surface area contributed by atoms with Crippen molar-refractivity contribution < 1.29 is 4.79 Å². The van der Waals surface area contributed by atoms with Crippen LogP contribution in [0.3, 0.4) is 0 Å². The number of carbonyl (C=O) groups excluding carboxylic acids is 1. The molecule has 0 spiro atoms. The number of aromatic nitrogens is 4. The van der Waals surface area contributed by atoms with Crippen LogP contribution >= 0.6 is 0 Å². The molecule has 6 nitrogen and oxygen atoms in total. The summed E-state index contributed by atoms with van der Waals surface area (Å²) in [4.78, 5) is 20.0. The first-order valence-corrected chi connectivity index (χ1v) is 6.21. The second-order valence-corrected chi connectivity index (χ2v) is 4.67. The van der Waals surface area contributed by atoms with Gasteiger partial charge in [-0.15, -0.1) is 0 Å². The molecular formula is C13H17N5O. The molecule has 0 aliphatic heterocycles. The molecule has 1 unspecified atom stereocenters. The SMILES string of the molecule is CC(C)C(=O)NC(C)c1nc(-c2cccnc2)n[nH]1. The molecule has 2 aromatic rings. The maximum Gasteiger partial charge on any atom is 0.223 e. The minimum atomic E-state index is -0.201. The number of pyridine rings is 1. The lowest BCUT2D eigenvalue weighted by molar-refractivity contribution is -0.124. The molecule has 6 heteroatoms. The van der Waals surface area contributed by atoms with E-state index in [2.05, 4.69) is 25.5 Å². The van der Waals surface area contributed by atoms with Gasteiger partial charge in [0.05, 0.1) is 6.04 Å². The highest BCUT2D eigenvalue weighted by Gasteiger charge is 2.16. The van der Waals surface area contributed by atoms with Crippen molar-refractivity contribution >= 4 is 5.91 Å². The lowest BCUT2D eigenvalue weighted by atomic mass is 10.2. The monoisotopic (exact) mass is 259 g/mol. The highest BCUT2D eigenvalue weighted by atomic mass is 16.1. The number of rotatable bonds is 4. The first-order valence-electron chi connectivity index (χ1n) is 6.21. The third-order valence-corrected chi connectivity index (χ3v) is 2.72. The summed E-state index contributed by atoms with van der Waals surface area (Å²) in [5.74, 6) is 1.15. The maximum atomic E-state index is 11.6. The van der Waals surface area contributed by atoms with Crippen LogP contribution in [0.25, 0.3) is 11.4 Å².